The molecule has 2 aromatic carbocycles. The minimum Gasteiger partial charge on any atom is -0.376 e. The van der Waals surface area contributed by atoms with E-state index in [9.17, 15) is 0 Å². The van der Waals surface area contributed by atoms with Crippen molar-refractivity contribution in [2.24, 2.45) is 5.73 Å². The zero-order valence-electron chi connectivity index (χ0n) is 16.5. The number of benzene rings is 2. The second-order valence-corrected chi connectivity index (χ2v) is 7.06. The summed E-state index contributed by atoms with van der Waals surface area (Å²) < 4.78 is 7.79. The molecule has 29 heavy (non-hydrogen) atoms. The van der Waals surface area contributed by atoms with E-state index in [0.29, 0.717) is 19.8 Å². The molecule has 0 spiro atoms. The topological polar surface area (TPSA) is 52.5 Å². The third-order valence-corrected chi connectivity index (χ3v) is 5.09. The molecule has 0 amide bonds. The molecule has 4 aromatic rings. The Morgan fingerprint density at radius 1 is 1.00 bits per heavy atom. The summed E-state index contributed by atoms with van der Waals surface area (Å²) in [4.78, 5) is 0. The number of hydrogen-bond donors (Lipinski definition) is 1. The van der Waals surface area contributed by atoms with Crippen LogP contribution >= 0.6 is 12.4 Å². The average molecular weight is 408 g/mol. The van der Waals surface area contributed by atoms with Gasteiger partial charge < -0.3 is 10.5 Å². The fraction of sp³-hybridized carbons (Fsp3) is 0.208. The van der Waals surface area contributed by atoms with Gasteiger partial charge in [0, 0.05) is 24.5 Å². The molecule has 0 aliphatic carbocycles. The zero-order chi connectivity index (χ0) is 19.3. The van der Waals surface area contributed by atoms with Crippen LogP contribution in [-0.4, -0.2) is 16.2 Å². The van der Waals surface area contributed by atoms with Crippen molar-refractivity contribution in [2.75, 3.05) is 6.61 Å². The van der Waals surface area contributed by atoms with Gasteiger partial charge in [-0.25, -0.2) is 4.52 Å². The molecule has 0 bridgehead atoms. The van der Waals surface area contributed by atoms with Gasteiger partial charge in [0.2, 0.25) is 0 Å². The Morgan fingerprint density at radius 3 is 2.59 bits per heavy atom. The van der Waals surface area contributed by atoms with Gasteiger partial charge in [-0.15, -0.1) is 12.4 Å². The van der Waals surface area contributed by atoms with E-state index in [0.717, 1.165) is 11.9 Å². The predicted octanol–water partition coefficient (Wildman–Crippen LogP) is 4.95. The first kappa shape index (κ1) is 21.1. The Balaban J connectivity index is 0.00000240. The molecule has 2 aromatic heterocycles. The monoisotopic (exact) mass is 407 g/mol. The molecule has 4 rings (SSSR count). The van der Waals surface area contributed by atoms with Crippen LogP contribution in [0.3, 0.4) is 0 Å². The Bertz CT molecular complexity index is 1080. The van der Waals surface area contributed by atoms with E-state index in [2.05, 4.69) is 60.7 Å². The maximum atomic E-state index is 5.83. The first-order valence-electron chi connectivity index (χ1n) is 9.62. The molecule has 0 aliphatic rings. The van der Waals surface area contributed by atoms with E-state index in [-0.39, 0.29) is 12.4 Å². The minimum atomic E-state index is 0. The first-order valence-corrected chi connectivity index (χ1v) is 9.62. The van der Waals surface area contributed by atoms with Gasteiger partial charge in [-0.2, -0.15) is 5.10 Å². The normalized spacial score (nSPS) is 10.8. The van der Waals surface area contributed by atoms with Crippen LogP contribution in [0.25, 0.3) is 16.6 Å². The van der Waals surface area contributed by atoms with Crippen LogP contribution in [-0.2, 0) is 24.3 Å². The second kappa shape index (κ2) is 9.70. The lowest BCUT2D eigenvalue weighted by molar-refractivity contribution is 0.124. The van der Waals surface area contributed by atoms with E-state index in [1.807, 2.05) is 28.9 Å². The number of aryl methyl sites for hydroxylation is 1. The summed E-state index contributed by atoms with van der Waals surface area (Å²) >= 11 is 0. The third-order valence-electron chi connectivity index (χ3n) is 5.09. The average Bonchev–Trinajstić information content (AvgIpc) is 3.15. The molecule has 5 heteroatoms. The Kier molecular flexibility index (Phi) is 7.04. The number of nitrogens with two attached hydrogens (primary N) is 1. The molecule has 0 saturated heterocycles. The predicted molar refractivity (Wildman–Crippen MR) is 120 cm³/mol. The molecule has 0 atom stereocenters. The lowest BCUT2D eigenvalue weighted by Crippen LogP contribution is -1.99. The number of aromatic nitrogens is 2. The number of halogens is 1. The molecule has 0 saturated carbocycles. The molecule has 2 heterocycles. The Morgan fingerprint density at radius 2 is 1.83 bits per heavy atom. The molecule has 0 unspecified atom stereocenters. The van der Waals surface area contributed by atoms with Crippen LogP contribution in [0.4, 0.5) is 0 Å². The minimum absolute atomic E-state index is 0. The molecule has 0 aliphatic heterocycles. The fourth-order valence-corrected chi connectivity index (χ4v) is 3.49. The van der Waals surface area contributed by atoms with Crippen molar-refractivity contribution in [2.45, 2.75) is 26.5 Å². The van der Waals surface area contributed by atoms with Crippen molar-refractivity contribution >= 4 is 17.9 Å². The van der Waals surface area contributed by atoms with Crippen LogP contribution in [0.5, 0.6) is 0 Å². The van der Waals surface area contributed by atoms with Gasteiger partial charge in [0.15, 0.2) is 0 Å². The molecule has 4 nitrogen and oxygen atoms in total. The lowest BCUT2D eigenvalue weighted by Gasteiger charge is -2.08. The highest BCUT2D eigenvalue weighted by Crippen LogP contribution is 2.27. The van der Waals surface area contributed by atoms with Gasteiger partial charge in [-0.1, -0.05) is 48.5 Å². The summed E-state index contributed by atoms with van der Waals surface area (Å²) in [6.07, 6.45) is 4.80. The van der Waals surface area contributed by atoms with Crippen molar-refractivity contribution in [3.8, 4) is 11.1 Å². The Hall–Kier alpha value is -2.66. The van der Waals surface area contributed by atoms with E-state index in [4.69, 9.17) is 10.5 Å². The molecule has 0 fully saturated rings. The van der Waals surface area contributed by atoms with Crippen LogP contribution in [0.2, 0.25) is 0 Å². The highest BCUT2D eigenvalue weighted by atomic mass is 35.5. The zero-order valence-corrected chi connectivity index (χ0v) is 17.4. The maximum Gasteiger partial charge on any atom is 0.0727 e. The number of rotatable bonds is 7. The van der Waals surface area contributed by atoms with Crippen molar-refractivity contribution in [1.82, 2.24) is 9.61 Å². The maximum absolute atomic E-state index is 5.83. The summed E-state index contributed by atoms with van der Waals surface area (Å²) in [5.41, 5.74) is 14.1. The van der Waals surface area contributed by atoms with Crippen molar-refractivity contribution in [3.05, 3.63) is 95.3 Å². The van der Waals surface area contributed by atoms with Gasteiger partial charge in [-0.05, 0) is 53.3 Å². The van der Waals surface area contributed by atoms with Crippen LogP contribution < -0.4 is 5.73 Å². The molecular formula is C24H26ClN3O. The summed E-state index contributed by atoms with van der Waals surface area (Å²) in [5.74, 6) is 0. The van der Waals surface area contributed by atoms with Crippen LogP contribution in [0.1, 0.15) is 22.3 Å². The van der Waals surface area contributed by atoms with Crippen molar-refractivity contribution in [1.29, 1.82) is 0 Å². The number of fused-ring (bicyclic) bond motifs is 1. The molecule has 0 radical (unpaired) electrons. The standard InChI is InChI=1S/C24H25N3O.ClH/c1-18-13-21(7-8-22(18)15-25)23-9-11-26-27-16-20(14-24(23)27)10-12-28-17-19-5-3-2-4-6-19;/h2-9,11,13-14,16H,10,12,15,17,25H2,1H3;1H. The quantitative estimate of drug-likeness (QED) is 0.441. The third kappa shape index (κ3) is 4.85. The van der Waals surface area contributed by atoms with Gasteiger partial charge in [0.1, 0.15) is 0 Å². The van der Waals surface area contributed by atoms with Gasteiger partial charge in [0.25, 0.3) is 0 Å². The molecule has 150 valence electrons. The van der Waals surface area contributed by atoms with E-state index in [1.54, 1.807) is 0 Å². The SMILES string of the molecule is Cc1cc(-c2ccnn3cc(CCOCc4ccccc4)cc23)ccc1CN.Cl. The molecular weight excluding hydrogens is 382 g/mol. The van der Waals surface area contributed by atoms with Gasteiger partial charge >= 0.3 is 0 Å². The Labute approximate surface area is 177 Å². The highest BCUT2D eigenvalue weighted by Gasteiger charge is 2.09. The van der Waals surface area contributed by atoms with Crippen LogP contribution in [0, 0.1) is 6.92 Å². The number of hydrogen-bond acceptors (Lipinski definition) is 3. The smallest absolute Gasteiger partial charge is 0.0727 e. The number of ether oxygens (including phenoxy) is 1. The van der Waals surface area contributed by atoms with Gasteiger partial charge in [-0.3, -0.25) is 0 Å². The largest absolute Gasteiger partial charge is 0.376 e. The first-order chi connectivity index (χ1) is 13.7. The van der Waals surface area contributed by atoms with E-state index in [1.165, 1.54) is 33.4 Å². The van der Waals surface area contributed by atoms with Gasteiger partial charge in [0.05, 0.1) is 18.7 Å². The fourth-order valence-electron chi connectivity index (χ4n) is 3.49. The summed E-state index contributed by atoms with van der Waals surface area (Å²) in [6, 6.07) is 21.0. The van der Waals surface area contributed by atoms with Crippen molar-refractivity contribution in [3.63, 3.8) is 0 Å². The summed E-state index contributed by atoms with van der Waals surface area (Å²) in [6.45, 7) is 4.00. The highest BCUT2D eigenvalue weighted by molar-refractivity contribution is 5.85. The lowest BCUT2D eigenvalue weighted by atomic mass is 10.00. The number of nitrogens with zero attached hydrogens (tertiary/aromatic N) is 2. The summed E-state index contributed by atoms with van der Waals surface area (Å²) in [7, 11) is 0. The van der Waals surface area contributed by atoms with Crippen molar-refractivity contribution < 1.29 is 4.74 Å². The van der Waals surface area contributed by atoms with E-state index >= 15 is 0 Å². The molecule has 2 N–H and O–H groups in total. The second-order valence-electron chi connectivity index (χ2n) is 7.06. The summed E-state index contributed by atoms with van der Waals surface area (Å²) in [5, 5.41) is 4.48. The van der Waals surface area contributed by atoms with E-state index < -0.39 is 0 Å². The van der Waals surface area contributed by atoms with Crippen LogP contribution in [0.15, 0.2) is 73.1 Å².